The van der Waals surface area contributed by atoms with Crippen LogP contribution in [0.2, 0.25) is 5.02 Å². The molecule has 0 aromatic heterocycles. The molecule has 0 radical (unpaired) electrons. The fraction of sp³-hybridized carbons (Fsp3) is 0.500. The monoisotopic (exact) mass is 239 g/mol. The summed E-state index contributed by atoms with van der Waals surface area (Å²) in [5.41, 5.74) is 7.04. The molecule has 4 heteroatoms. The number of nitrogens with zero attached hydrogens (tertiary/aromatic N) is 2. The fourth-order valence-corrected chi connectivity index (χ4v) is 2.31. The maximum absolute atomic E-state index is 5.89. The van der Waals surface area contributed by atoms with E-state index in [0.29, 0.717) is 12.6 Å². The van der Waals surface area contributed by atoms with Crippen LogP contribution >= 0.6 is 11.6 Å². The first kappa shape index (κ1) is 11.7. The summed E-state index contributed by atoms with van der Waals surface area (Å²) in [4.78, 5) is 4.69. The molecule has 88 valence electrons. The predicted octanol–water partition coefficient (Wildman–Crippen LogP) is 1.42. The van der Waals surface area contributed by atoms with Crippen LogP contribution in [-0.4, -0.2) is 44.2 Å². The van der Waals surface area contributed by atoms with Crippen molar-refractivity contribution in [3.63, 3.8) is 0 Å². The molecule has 1 unspecified atom stereocenters. The fourth-order valence-electron chi connectivity index (χ4n) is 2.18. The molecule has 1 saturated heterocycles. The second kappa shape index (κ2) is 5.04. The SMILES string of the molecule is CN1CCN(c2ccc(Cl)cc2)C(CN)C1. The molecule has 1 aliphatic heterocycles. The van der Waals surface area contributed by atoms with Gasteiger partial charge in [-0.3, -0.25) is 0 Å². The highest BCUT2D eigenvalue weighted by atomic mass is 35.5. The van der Waals surface area contributed by atoms with E-state index in [-0.39, 0.29) is 0 Å². The summed E-state index contributed by atoms with van der Waals surface area (Å²) < 4.78 is 0. The van der Waals surface area contributed by atoms with Crippen LogP contribution in [0.15, 0.2) is 24.3 Å². The van der Waals surface area contributed by atoms with Crippen LogP contribution in [0.3, 0.4) is 0 Å². The second-order valence-corrected chi connectivity index (χ2v) is 4.76. The molecule has 1 fully saturated rings. The molecule has 1 aromatic rings. The van der Waals surface area contributed by atoms with E-state index in [2.05, 4.69) is 29.0 Å². The molecule has 1 heterocycles. The minimum Gasteiger partial charge on any atom is -0.365 e. The standard InChI is InChI=1S/C12H18ClN3/c1-15-6-7-16(12(8-14)9-15)11-4-2-10(13)3-5-11/h2-5,12H,6-9,14H2,1H3. The topological polar surface area (TPSA) is 32.5 Å². The Hall–Kier alpha value is -0.770. The lowest BCUT2D eigenvalue weighted by molar-refractivity contribution is 0.270. The van der Waals surface area contributed by atoms with E-state index in [1.165, 1.54) is 5.69 Å². The quantitative estimate of drug-likeness (QED) is 0.847. The molecule has 2 rings (SSSR count). The number of anilines is 1. The summed E-state index contributed by atoms with van der Waals surface area (Å²) >= 11 is 5.89. The number of piperazine rings is 1. The molecule has 0 amide bonds. The minimum atomic E-state index is 0.403. The van der Waals surface area contributed by atoms with Gasteiger partial charge in [0.2, 0.25) is 0 Å². The normalized spacial score (nSPS) is 22.4. The van der Waals surface area contributed by atoms with Crippen molar-refractivity contribution in [3.05, 3.63) is 29.3 Å². The Labute approximate surface area is 102 Å². The van der Waals surface area contributed by atoms with Gasteiger partial charge in [0.1, 0.15) is 0 Å². The molecule has 0 aliphatic carbocycles. The van der Waals surface area contributed by atoms with Gasteiger partial charge in [-0.05, 0) is 31.3 Å². The van der Waals surface area contributed by atoms with Gasteiger partial charge in [-0.15, -0.1) is 0 Å². The summed E-state index contributed by atoms with van der Waals surface area (Å²) in [5.74, 6) is 0. The lowest BCUT2D eigenvalue weighted by atomic mass is 10.1. The third kappa shape index (κ3) is 2.48. The zero-order chi connectivity index (χ0) is 11.5. The van der Waals surface area contributed by atoms with Gasteiger partial charge in [0, 0.05) is 36.9 Å². The number of halogens is 1. The molecule has 0 bridgehead atoms. The lowest BCUT2D eigenvalue weighted by Gasteiger charge is -2.41. The van der Waals surface area contributed by atoms with Gasteiger partial charge >= 0.3 is 0 Å². The Balaban J connectivity index is 2.15. The molecule has 0 saturated carbocycles. The van der Waals surface area contributed by atoms with E-state index in [1.54, 1.807) is 0 Å². The average Bonchev–Trinajstić information content (AvgIpc) is 2.30. The van der Waals surface area contributed by atoms with Crippen molar-refractivity contribution in [3.8, 4) is 0 Å². The average molecular weight is 240 g/mol. The molecule has 2 N–H and O–H groups in total. The van der Waals surface area contributed by atoms with Gasteiger partial charge in [-0.2, -0.15) is 0 Å². The van der Waals surface area contributed by atoms with E-state index >= 15 is 0 Å². The Morgan fingerprint density at radius 1 is 1.31 bits per heavy atom. The van der Waals surface area contributed by atoms with Gasteiger partial charge in [0.05, 0.1) is 6.04 Å². The molecule has 3 nitrogen and oxygen atoms in total. The van der Waals surface area contributed by atoms with E-state index in [0.717, 1.165) is 24.7 Å². The number of rotatable bonds is 2. The summed E-state index contributed by atoms with van der Waals surface area (Å²) in [7, 11) is 2.14. The summed E-state index contributed by atoms with van der Waals surface area (Å²) in [5, 5.41) is 0.780. The largest absolute Gasteiger partial charge is 0.365 e. The maximum Gasteiger partial charge on any atom is 0.0539 e. The Kier molecular flexibility index (Phi) is 3.69. The molecule has 1 atom stereocenters. The van der Waals surface area contributed by atoms with Crippen molar-refractivity contribution >= 4 is 17.3 Å². The Morgan fingerprint density at radius 3 is 2.62 bits per heavy atom. The van der Waals surface area contributed by atoms with Crippen molar-refractivity contribution in [2.45, 2.75) is 6.04 Å². The summed E-state index contributed by atoms with van der Waals surface area (Å²) in [6.45, 7) is 3.82. The number of hydrogen-bond donors (Lipinski definition) is 1. The van der Waals surface area contributed by atoms with Crippen LogP contribution in [0.4, 0.5) is 5.69 Å². The highest BCUT2D eigenvalue weighted by molar-refractivity contribution is 6.30. The lowest BCUT2D eigenvalue weighted by Crippen LogP contribution is -2.55. The molecule has 1 aliphatic rings. The zero-order valence-electron chi connectivity index (χ0n) is 9.56. The first-order chi connectivity index (χ1) is 7.70. The second-order valence-electron chi connectivity index (χ2n) is 4.32. The molecule has 16 heavy (non-hydrogen) atoms. The number of nitrogens with two attached hydrogens (primary N) is 1. The van der Waals surface area contributed by atoms with Crippen molar-refractivity contribution in [2.75, 3.05) is 38.1 Å². The highest BCUT2D eigenvalue weighted by Crippen LogP contribution is 2.21. The van der Waals surface area contributed by atoms with Gasteiger partial charge in [0.25, 0.3) is 0 Å². The maximum atomic E-state index is 5.89. The van der Waals surface area contributed by atoms with E-state index in [1.807, 2.05) is 12.1 Å². The van der Waals surface area contributed by atoms with Gasteiger partial charge in [0.15, 0.2) is 0 Å². The van der Waals surface area contributed by atoms with Crippen LogP contribution in [0.5, 0.6) is 0 Å². The number of hydrogen-bond acceptors (Lipinski definition) is 3. The number of benzene rings is 1. The van der Waals surface area contributed by atoms with E-state index < -0.39 is 0 Å². The van der Waals surface area contributed by atoms with E-state index in [4.69, 9.17) is 17.3 Å². The van der Waals surface area contributed by atoms with Crippen molar-refractivity contribution in [1.82, 2.24) is 4.90 Å². The van der Waals surface area contributed by atoms with E-state index in [9.17, 15) is 0 Å². The van der Waals surface area contributed by atoms with Crippen LogP contribution < -0.4 is 10.6 Å². The molecular weight excluding hydrogens is 222 g/mol. The Bertz CT molecular complexity index is 339. The van der Waals surface area contributed by atoms with Crippen molar-refractivity contribution in [2.24, 2.45) is 5.73 Å². The molecule has 0 spiro atoms. The first-order valence-corrected chi connectivity index (χ1v) is 5.99. The van der Waals surface area contributed by atoms with Crippen molar-refractivity contribution < 1.29 is 0 Å². The number of likely N-dealkylation sites (N-methyl/N-ethyl adjacent to an activating group) is 1. The summed E-state index contributed by atoms with van der Waals surface area (Å²) in [6.07, 6.45) is 0. The van der Waals surface area contributed by atoms with Crippen LogP contribution in [0.1, 0.15) is 0 Å². The van der Waals surface area contributed by atoms with Crippen LogP contribution in [0, 0.1) is 0 Å². The van der Waals surface area contributed by atoms with Gasteiger partial charge in [-0.25, -0.2) is 0 Å². The zero-order valence-corrected chi connectivity index (χ0v) is 10.3. The van der Waals surface area contributed by atoms with Crippen molar-refractivity contribution in [1.29, 1.82) is 0 Å². The highest BCUT2D eigenvalue weighted by Gasteiger charge is 2.23. The predicted molar refractivity (Wildman–Crippen MR) is 69.1 cm³/mol. The third-order valence-corrected chi connectivity index (χ3v) is 3.37. The Morgan fingerprint density at radius 2 is 2.00 bits per heavy atom. The van der Waals surface area contributed by atoms with Crippen LogP contribution in [0.25, 0.3) is 0 Å². The minimum absolute atomic E-state index is 0.403. The molecule has 1 aromatic carbocycles. The third-order valence-electron chi connectivity index (χ3n) is 3.12. The summed E-state index contributed by atoms with van der Waals surface area (Å²) in [6, 6.07) is 8.40. The molecular formula is C12H18ClN3. The van der Waals surface area contributed by atoms with Gasteiger partial charge < -0.3 is 15.5 Å². The van der Waals surface area contributed by atoms with Gasteiger partial charge in [-0.1, -0.05) is 11.6 Å². The van der Waals surface area contributed by atoms with Crippen LogP contribution in [-0.2, 0) is 0 Å². The smallest absolute Gasteiger partial charge is 0.0539 e. The first-order valence-electron chi connectivity index (χ1n) is 5.61.